The summed E-state index contributed by atoms with van der Waals surface area (Å²) >= 11 is 3.17. The molecule has 6 aliphatic carbocycles. The molecule has 0 radical (unpaired) electrons. The molecular weight excluding hydrogens is 991 g/mol. The van der Waals surface area contributed by atoms with Crippen molar-refractivity contribution in [1.82, 2.24) is 29.2 Å². The summed E-state index contributed by atoms with van der Waals surface area (Å²) in [6.45, 7) is 11.7. The third-order valence-electron chi connectivity index (χ3n) is 19.2. The van der Waals surface area contributed by atoms with Gasteiger partial charge in [-0.15, -0.1) is 0 Å². The number of aliphatic carboxylic acids is 2. The van der Waals surface area contributed by atoms with Crippen molar-refractivity contribution in [3.05, 3.63) is 48.5 Å². The Kier molecular flexibility index (Phi) is 19.5. The van der Waals surface area contributed by atoms with Crippen molar-refractivity contribution < 1.29 is 88.5 Å². The van der Waals surface area contributed by atoms with Gasteiger partial charge in [0.15, 0.2) is 0 Å². The summed E-state index contributed by atoms with van der Waals surface area (Å²) in [6.07, 6.45) is 15.3. The third kappa shape index (κ3) is 12.2. The van der Waals surface area contributed by atoms with Gasteiger partial charge in [0.05, 0.1) is 9.40 Å². The van der Waals surface area contributed by atoms with Gasteiger partial charge in [0.25, 0.3) is 0 Å². The van der Waals surface area contributed by atoms with E-state index in [9.17, 15) is 29.4 Å². The molecule has 2 aliphatic heterocycles. The fraction of sp³-hybridized carbons (Fsp3) is 0.679. The van der Waals surface area contributed by atoms with Crippen LogP contribution < -0.4 is 89.8 Å². The Bertz CT molecular complexity index is 2380. The number of nitrogens with one attached hydrogen (secondary N) is 2. The van der Waals surface area contributed by atoms with E-state index in [-0.39, 0.29) is 106 Å². The standard InChI is InChI=1S/2C28H38N4O3S.2Na/c2*33-27(24-18-9-10-19(15-18)25(24)28(34)35)29-16-20-5-1-2-6-21(20)17-31-11-13-32(14-12-31)26-22-7-3-4-8-23(22)36-30-26;;/h2*3-4,7-8,18-21,24-25H,1-2,5-6,9-17H2,(H,29,33)(H,34,35);;/q;;2*+1/p-2/t18-,19+,20+,21+,24+,25-;18-,19+,20-,21-,24+,25-;;/m10../s1. The van der Waals surface area contributed by atoms with Gasteiger partial charge >= 0.3 is 59.1 Å². The normalized spacial score (nSPS) is 31.8. The van der Waals surface area contributed by atoms with E-state index in [4.69, 9.17) is 8.75 Å². The minimum atomic E-state index is -1.03. The molecule has 4 bridgehead atoms. The first-order valence-corrected chi connectivity index (χ1v) is 29.3. The molecule has 74 heavy (non-hydrogen) atoms. The van der Waals surface area contributed by atoms with Gasteiger partial charge in [-0.25, -0.2) is 0 Å². The minimum Gasteiger partial charge on any atom is -0.550 e. The van der Waals surface area contributed by atoms with Gasteiger partial charge in [-0.05, 0) is 159 Å². The number of piperazine rings is 2. The van der Waals surface area contributed by atoms with Gasteiger partial charge in [0.2, 0.25) is 11.8 Å². The van der Waals surface area contributed by atoms with Crippen LogP contribution in [0.15, 0.2) is 48.5 Å². The summed E-state index contributed by atoms with van der Waals surface area (Å²) < 4.78 is 12.0. The van der Waals surface area contributed by atoms with Crippen LogP contribution in [0.1, 0.15) is 89.9 Å². The summed E-state index contributed by atoms with van der Waals surface area (Å²) in [4.78, 5) is 59.8. The first-order valence-electron chi connectivity index (χ1n) is 27.8. The van der Waals surface area contributed by atoms with E-state index in [0.717, 1.165) is 128 Å². The van der Waals surface area contributed by atoms with E-state index in [1.165, 1.54) is 58.7 Å². The van der Waals surface area contributed by atoms with Crippen LogP contribution in [0.3, 0.4) is 0 Å². The van der Waals surface area contributed by atoms with Gasteiger partial charge in [-0.3, -0.25) is 19.4 Å². The maximum atomic E-state index is 13.1. The number of carboxylic acid groups (broad SMARTS) is 2. The van der Waals surface area contributed by atoms with Crippen LogP contribution in [0.2, 0.25) is 0 Å². The molecule has 4 aromatic rings. The molecule has 388 valence electrons. The number of nitrogens with zero attached hydrogens (tertiary/aromatic N) is 6. The van der Waals surface area contributed by atoms with E-state index in [0.29, 0.717) is 36.8 Å². The maximum absolute atomic E-state index is 13.1. The van der Waals surface area contributed by atoms with Gasteiger partial charge < -0.3 is 40.2 Å². The molecule has 6 saturated carbocycles. The minimum absolute atomic E-state index is 0. The van der Waals surface area contributed by atoms with Crippen molar-refractivity contribution in [3.8, 4) is 0 Å². The van der Waals surface area contributed by atoms with Crippen LogP contribution in [-0.2, 0) is 19.2 Å². The molecule has 2 amide bonds. The molecule has 8 aliphatic rings. The van der Waals surface area contributed by atoms with Crippen molar-refractivity contribution in [2.24, 2.45) is 71.0 Å². The quantitative estimate of drug-likeness (QED) is 0.156. The van der Waals surface area contributed by atoms with Gasteiger partial charge in [0, 0.05) is 125 Å². The first kappa shape index (κ1) is 56.3. The Labute approximate surface area is 489 Å². The molecule has 14 nitrogen and oxygen atoms in total. The van der Waals surface area contributed by atoms with Gasteiger partial charge in [-0.1, -0.05) is 49.9 Å². The van der Waals surface area contributed by atoms with Crippen LogP contribution in [0.5, 0.6) is 0 Å². The molecule has 2 saturated heterocycles. The summed E-state index contributed by atoms with van der Waals surface area (Å²) in [6, 6.07) is 17.0. The Hall–Kier alpha value is -2.38. The van der Waals surface area contributed by atoms with Crippen molar-refractivity contribution in [2.75, 3.05) is 88.3 Å². The van der Waals surface area contributed by atoms with Crippen LogP contribution >= 0.6 is 23.1 Å². The molecule has 4 heterocycles. The smallest absolute Gasteiger partial charge is 0.550 e. The Morgan fingerprint density at radius 3 is 1.22 bits per heavy atom. The Morgan fingerprint density at radius 1 is 0.486 bits per heavy atom. The molecule has 12 rings (SSSR count). The predicted molar refractivity (Wildman–Crippen MR) is 279 cm³/mol. The number of anilines is 2. The average molecular weight is 1070 g/mol. The number of carboxylic acids is 2. The number of rotatable bonds is 14. The average Bonchev–Trinajstić information content (AvgIpc) is 4.29. The topological polar surface area (TPSA) is 177 Å². The van der Waals surface area contributed by atoms with Crippen molar-refractivity contribution in [3.63, 3.8) is 0 Å². The SMILES string of the molecule is O=C(NC[C@@H]1CCCC[C@H]1CN1CCN(c2nsc3ccccc23)CC1)[C@@H]1[C@H]2CC[C@H](C2)[C@@H]1C(=O)[O-].O=C([O-])[C@@H]1[C@H]2CC[C@H](C2)[C@@H]1C(=O)NC[C@@H]1CCCC[C@H]1CN1CCN(c2nsc3ccccc23)CC1.[Na+].[Na+]. The molecule has 12 atom stereocenters. The van der Waals surface area contributed by atoms with E-state index < -0.39 is 23.8 Å². The molecule has 0 spiro atoms. The number of hydrogen-bond acceptors (Lipinski definition) is 14. The van der Waals surface area contributed by atoms with Gasteiger partial charge in [0.1, 0.15) is 11.6 Å². The van der Waals surface area contributed by atoms with Crippen molar-refractivity contribution >= 4 is 78.6 Å². The van der Waals surface area contributed by atoms with Crippen LogP contribution in [0, 0.1) is 71.0 Å². The van der Waals surface area contributed by atoms with Gasteiger partial charge in [-0.2, -0.15) is 8.75 Å². The Morgan fingerprint density at radius 2 is 0.838 bits per heavy atom. The zero-order valence-corrected chi connectivity index (χ0v) is 49.5. The number of carbonyl (C=O) groups is 4. The largest absolute Gasteiger partial charge is 1.00 e. The summed E-state index contributed by atoms with van der Waals surface area (Å²) in [5.41, 5.74) is 0. The number of carbonyl (C=O) groups excluding carboxylic acids is 4. The fourth-order valence-corrected chi connectivity index (χ4v) is 17.0. The Balaban J connectivity index is 0.000000177. The number of benzene rings is 2. The molecular formula is C56H74N8Na2O6S2. The number of aromatic nitrogens is 2. The molecule has 2 N–H and O–H groups in total. The second-order valence-electron chi connectivity index (χ2n) is 23.1. The molecule has 2 aromatic carbocycles. The number of hydrogen-bond donors (Lipinski definition) is 2. The zero-order chi connectivity index (χ0) is 49.3. The van der Waals surface area contributed by atoms with Crippen LogP contribution in [-0.4, -0.2) is 121 Å². The van der Waals surface area contributed by atoms with Crippen molar-refractivity contribution in [2.45, 2.75) is 89.9 Å². The van der Waals surface area contributed by atoms with E-state index in [1.807, 2.05) is 0 Å². The molecule has 0 unspecified atom stereocenters. The second-order valence-corrected chi connectivity index (χ2v) is 24.7. The van der Waals surface area contributed by atoms with Crippen LogP contribution in [0.25, 0.3) is 20.2 Å². The molecule has 2 aromatic heterocycles. The first-order chi connectivity index (χ1) is 35.2. The number of amides is 2. The summed E-state index contributed by atoms with van der Waals surface area (Å²) in [7, 11) is 0. The zero-order valence-electron chi connectivity index (χ0n) is 43.9. The maximum Gasteiger partial charge on any atom is 1.00 e. The predicted octanol–water partition coefficient (Wildman–Crippen LogP) is -0.486. The van der Waals surface area contributed by atoms with Crippen molar-refractivity contribution in [1.29, 1.82) is 0 Å². The van der Waals surface area contributed by atoms with Crippen LogP contribution in [0.4, 0.5) is 11.6 Å². The van der Waals surface area contributed by atoms with E-state index in [2.05, 4.69) is 78.8 Å². The van der Waals surface area contributed by atoms with E-state index in [1.54, 1.807) is 23.1 Å². The second kappa shape index (κ2) is 25.6. The fourth-order valence-electron chi connectivity index (χ4n) is 15.5. The molecule has 18 heteroatoms. The number of fused-ring (bicyclic) bond motifs is 6. The van der Waals surface area contributed by atoms with E-state index >= 15 is 0 Å². The summed E-state index contributed by atoms with van der Waals surface area (Å²) in [5.74, 6) is 1.05. The summed E-state index contributed by atoms with van der Waals surface area (Å²) in [5, 5.41) is 32.4. The monoisotopic (exact) mass is 1060 g/mol. The third-order valence-corrected chi connectivity index (χ3v) is 20.9. The molecule has 8 fully saturated rings.